The number of anilines is 1. The van der Waals surface area contributed by atoms with Gasteiger partial charge in [-0.3, -0.25) is 19.1 Å². The number of hydrogen-bond acceptors (Lipinski definition) is 8. The lowest BCUT2D eigenvalue weighted by Gasteiger charge is -2.17. The maximum atomic E-state index is 13.9. The molecular formula is C31H29FN10O2. The van der Waals surface area contributed by atoms with E-state index in [0.29, 0.717) is 22.6 Å². The number of nitrogens with one attached hydrogen (secondary N) is 2. The molecule has 0 saturated carbocycles. The van der Waals surface area contributed by atoms with Crippen LogP contribution in [-0.4, -0.2) is 58.3 Å². The monoisotopic (exact) mass is 592 g/mol. The van der Waals surface area contributed by atoms with Crippen LogP contribution in [0.1, 0.15) is 18.1 Å². The van der Waals surface area contributed by atoms with Crippen molar-refractivity contribution in [3.63, 3.8) is 0 Å². The molecule has 0 aliphatic heterocycles. The van der Waals surface area contributed by atoms with Crippen LogP contribution in [0.2, 0.25) is 0 Å². The number of halogens is 1. The van der Waals surface area contributed by atoms with Gasteiger partial charge in [-0.2, -0.15) is 4.80 Å². The van der Waals surface area contributed by atoms with Crippen molar-refractivity contribution in [3.05, 3.63) is 101 Å². The van der Waals surface area contributed by atoms with Gasteiger partial charge in [0.15, 0.2) is 5.82 Å². The summed E-state index contributed by atoms with van der Waals surface area (Å²) in [6.45, 7) is 3.74. The van der Waals surface area contributed by atoms with E-state index in [1.54, 1.807) is 50.2 Å². The van der Waals surface area contributed by atoms with Crippen molar-refractivity contribution in [1.29, 1.82) is 0 Å². The fourth-order valence-corrected chi connectivity index (χ4v) is 4.99. The second-order valence-electron chi connectivity index (χ2n) is 10.5. The highest BCUT2D eigenvalue weighted by atomic mass is 19.1. The summed E-state index contributed by atoms with van der Waals surface area (Å²) in [5.41, 5.74) is 4.68. The average Bonchev–Trinajstić information content (AvgIpc) is 3.61. The third-order valence-electron chi connectivity index (χ3n) is 7.41. The number of hydrogen-bond donors (Lipinski definition) is 2. The normalized spacial score (nSPS) is 12.0. The fraction of sp³-hybridized carbons (Fsp3) is 0.194. The summed E-state index contributed by atoms with van der Waals surface area (Å²) in [6, 6.07) is 13.5. The van der Waals surface area contributed by atoms with Crippen LogP contribution in [0.3, 0.4) is 0 Å². The molecule has 4 aromatic heterocycles. The third kappa shape index (κ3) is 5.47. The van der Waals surface area contributed by atoms with Crippen molar-refractivity contribution in [2.75, 3.05) is 12.4 Å². The van der Waals surface area contributed by atoms with Gasteiger partial charge in [-0.1, -0.05) is 18.2 Å². The minimum Gasteiger partial charge on any atom is -0.315 e. The van der Waals surface area contributed by atoms with Gasteiger partial charge in [0, 0.05) is 28.9 Å². The lowest BCUT2D eigenvalue weighted by atomic mass is 10.1. The van der Waals surface area contributed by atoms with Crippen molar-refractivity contribution in [2.24, 2.45) is 7.05 Å². The summed E-state index contributed by atoms with van der Waals surface area (Å²) in [7, 11) is 3.34. The van der Waals surface area contributed by atoms with Crippen molar-refractivity contribution in [3.8, 4) is 28.3 Å². The number of nitrogens with zero attached hydrogens (tertiary/aromatic N) is 8. The Hall–Kier alpha value is -5.56. The molecule has 1 unspecified atom stereocenters. The number of carbonyl (C=O) groups excluding carboxylic acids is 1. The molecule has 2 aromatic carbocycles. The van der Waals surface area contributed by atoms with Gasteiger partial charge in [0.2, 0.25) is 11.7 Å². The van der Waals surface area contributed by atoms with Crippen molar-refractivity contribution >= 4 is 22.6 Å². The summed E-state index contributed by atoms with van der Waals surface area (Å²) < 4.78 is 17.4. The molecule has 12 nitrogen and oxygen atoms in total. The molecule has 0 radical (unpaired) electrons. The molecule has 222 valence electrons. The minimum atomic E-state index is -0.533. The molecule has 0 bridgehead atoms. The van der Waals surface area contributed by atoms with E-state index < -0.39 is 11.6 Å². The number of rotatable bonds is 8. The van der Waals surface area contributed by atoms with Crippen molar-refractivity contribution in [1.82, 2.24) is 44.6 Å². The molecule has 6 rings (SSSR count). The molecule has 1 atom stereocenters. The molecule has 0 aliphatic rings. The Morgan fingerprint density at radius 3 is 2.66 bits per heavy atom. The largest absolute Gasteiger partial charge is 0.315 e. The first kappa shape index (κ1) is 28.6. The summed E-state index contributed by atoms with van der Waals surface area (Å²) in [4.78, 5) is 36.7. The van der Waals surface area contributed by atoms with Crippen LogP contribution < -0.4 is 16.2 Å². The fourth-order valence-electron chi connectivity index (χ4n) is 4.99. The van der Waals surface area contributed by atoms with E-state index in [-0.39, 0.29) is 24.1 Å². The van der Waals surface area contributed by atoms with Gasteiger partial charge < -0.3 is 15.2 Å². The van der Waals surface area contributed by atoms with E-state index in [4.69, 9.17) is 0 Å². The predicted octanol–water partition coefficient (Wildman–Crippen LogP) is 3.48. The van der Waals surface area contributed by atoms with Crippen LogP contribution in [-0.2, 0) is 18.4 Å². The molecule has 0 fully saturated rings. The third-order valence-corrected chi connectivity index (χ3v) is 7.41. The Labute approximate surface area is 251 Å². The number of aryl methyl sites for hydroxylation is 2. The first-order valence-corrected chi connectivity index (χ1v) is 13.9. The van der Waals surface area contributed by atoms with Gasteiger partial charge in [0.1, 0.15) is 5.82 Å². The maximum absolute atomic E-state index is 13.9. The molecule has 1 amide bonds. The maximum Gasteiger partial charge on any atom is 0.294 e. The number of likely N-dealkylation sites (N-methyl/N-ethyl adjacent to an activating group) is 1. The zero-order valence-corrected chi connectivity index (χ0v) is 24.5. The first-order valence-electron chi connectivity index (χ1n) is 13.9. The molecule has 0 saturated heterocycles. The SMILES string of the molecule is CNC(C)C(=O)Nc1ncc(-c2cccc(-c3nnn(C)n3)c2)n(Cc2cncc(-n3cc(C)c4cc(F)ccc43)c2)c1=O. The molecule has 2 N–H and O–H groups in total. The molecular weight excluding hydrogens is 563 g/mol. The lowest BCUT2D eigenvalue weighted by molar-refractivity contribution is -0.117. The molecule has 44 heavy (non-hydrogen) atoms. The second kappa shape index (κ2) is 11.6. The van der Waals surface area contributed by atoms with Gasteiger partial charge in [-0.05, 0) is 67.6 Å². The lowest BCUT2D eigenvalue weighted by Crippen LogP contribution is -2.38. The van der Waals surface area contributed by atoms with E-state index in [1.807, 2.05) is 48.0 Å². The Kier molecular flexibility index (Phi) is 7.53. The standard InChI is InChI=1S/C31H29FN10O2/c1-18-16-41(26-9-8-23(32)12-25(18)26)24-10-20(13-34-14-24)17-42-27(15-35-29(31(42)44)36-30(43)19(2)33-3)21-6-5-7-22(11-21)28-37-39-40(4)38-28/h5-16,19,33H,17H2,1-4H3,(H,35,36,43). The number of amides is 1. The Bertz CT molecular complexity index is 2080. The number of aromatic nitrogens is 8. The van der Waals surface area contributed by atoms with Crippen LogP contribution in [0, 0.1) is 12.7 Å². The Morgan fingerprint density at radius 1 is 1.07 bits per heavy atom. The van der Waals surface area contributed by atoms with Crippen LogP contribution in [0.4, 0.5) is 10.2 Å². The first-order chi connectivity index (χ1) is 21.2. The number of carbonyl (C=O) groups is 1. The smallest absolute Gasteiger partial charge is 0.294 e. The number of pyridine rings is 1. The van der Waals surface area contributed by atoms with Crippen molar-refractivity contribution in [2.45, 2.75) is 26.4 Å². The van der Waals surface area contributed by atoms with Gasteiger partial charge in [-0.25, -0.2) is 9.37 Å². The van der Waals surface area contributed by atoms with Gasteiger partial charge in [0.05, 0.1) is 48.9 Å². The minimum absolute atomic E-state index is 0.0919. The van der Waals surface area contributed by atoms with Gasteiger partial charge in [-0.15, -0.1) is 10.2 Å². The zero-order chi connectivity index (χ0) is 31.0. The van der Waals surface area contributed by atoms with E-state index in [1.165, 1.54) is 16.9 Å². The summed E-state index contributed by atoms with van der Waals surface area (Å²) in [5, 5.41) is 18.6. The number of fused-ring (bicyclic) bond motifs is 1. The summed E-state index contributed by atoms with van der Waals surface area (Å²) in [6.07, 6.45) is 6.88. The van der Waals surface area contributed by atoms with Gasteiger partial charge in [0.25, 0.3) is 5.56 Å². The van der Waals surface area contributed by atoms with Crippen LogP contribution in [0.15, 0.2) is 78.1 Å². The van der Waals surface area contributed by atoms with E-state index in [0.717, 1.165) is 27.7 Å². The van der Waals surface area contributed by atoms with E-state index in [2.05, 4.69) is 36.0 Å². The van der Waals surface area contributed by atoms with E-state index in [9.17, 15) is 14.0 Å². The molecule has 6 aromatic rings. The van der Waals surface area contributed by atoms with Crippen LogP contribution in [0.25, 0.3) is 39.2 Å². The average molecular weight is 593 g/mol. The Balaban J connectivity index is 1.44. The van der Waals surface area contributed by atoms with Crippen LogP contribution >= 0.6 is 0 Å². The summed E-state index contributed by atoms with van der Waals surface area (Å²) >= 11 is 0. The molecule has 13 heteroatoms. The molecule has 4 heterocycles. The zero-order valence-electron chi connectivity index (χ0n) is 24.5. The van der Waals surface area contributed by atoms with Crippen LogP contribution in [0.5, 0.6) is 0 Å². The topological polar surface area (TPSA) is 137 Å². The van der Waals surface area contributed by atoms with Gasteiger partial charge >= 0.3 is 0 Å². The number of tetrazole rings is 1. The van der Waals surface area contributed by atoms with E-state index >= 15 is 0 Å². The van der Waals surface area contributed by atoms with Crippen molar-refractivity contribution < 1.29 is 9.18 Å². The highest BCUT2D eigenvalue weighted by molar-refractivity contribution is 5.93. The Morgan fingerprint density at radius 2 is 1.89 bits per heavy atom. The predicted molar refractivity (Wildman–Crippen MR) is 164 cm³/mol. The molecule has 0 spiro atoms. The highest BCUT2D eigenvalue weighted by Crippen LogP contribution is 2.27. The second-order valence-corrected chi connectivity index (χ2v) is 10.5. The highest BCUT2D eigenvalue weighted by Gasteiger charge is 2.19. The quantitative estimate of drug-likeness (QED) is 0.274. The number of benzene rings is 2. The summed E-state index contributed by atoms with van der Waals surface area (Å²) in [5.74, 6) is -0.346. The molecule has 0 aliphatic carbocycles.